The second-order valence-corrected chi connectivity index (χ2v) is 8.75. The van der Waals surface area contributed by atoms with Gasteiger partial charge in [0.25, 0.3) is 11.5 Å². The number of amides is 1. The molecule has 0 unspecified atom stereocenters. The van der Waals surface area contributed by atoms with Gasteiger partial charge in [0, 0.05) is 13.0 Å². The van der Waals surface area contributed by atoms with Crippen LogP contribution in [0.2, 0.25) is 0 Å². The molecule has 0 radical (unpaired) electrons. The Balaban J connectivity index is 1.32. The van der Waals surface area contributed by atoms with Gasteiger partial charge < -0.3 is 10.3 Å². The topological polar surface area (TPSA) is 92.7 Å². The minimum Gasteiger partial charge on any atom is -0.351 e. The highest BCUT2D eigenvalue weighted by atomic mass is 32.1. The zero-order valence-corrected chi connectivity index (χ0v) is 18.6. The minimum atomic E-state index is -0.331. The molecule has 9 heteroatoms. The van der Waals surface area contributed by atoms with E-state index in [-0.39, 0.29) is 17.3 Å². The van der Waals surface area contributed by atoms with Crippen molar-refractivity contribution >= 4 is 38.5 Å². The number of H-pyrrole nitrogens is 1. The summed E-state index contributed by atoms with van der Waals surface area (Å²) in [6, 6.07) is 14.0. The number of carbonyl (C=O) groups is 1. The highest BCUT2D eigenvalue weighted by molar-refractivity contribution is 7.20. The Morgan fingerprint density at radius 2 is 2.03 bits per heavy atom. The summed E-state index contributed by atoms with van der Waals surface area (Å²) in [5, 5.41) is 3.35. The van der Waals surface area contributed by atoms with Gasteiger partial charge in [-0.25, -0.2) is 14.4 Å². The fourth-order valence-electron chi connectivity index (χ4n) is 3.80. The molecule has 0 bridgehead atoms. The Labute approximate surface area is 191 Å². The number of halogens is 1. The fourth-order valence-corrected chi connectivity index (χ4v) is 4.85. The third-order valence-corrected chi connectivity index (χ3v) is 6.66. The number of carbonyl (C=O) groups excluding carboxylic acids is 1. The molecule has 1 amide bonds. The van der Waals surface area contributed by atoms with E-state index in [1.807, 2.05) is 30.3 Å². The molecule has 3 heterocycles. The summed E-state index contributed by atoms with van der Waals surface area (Å²) in [5.41, 5.74) is 2.77. The molecule has 33 heavy (non-hydrogen) atoms. The first-order valence-electron chi connectivity index (χ1n) is 10.4. The Morgan fingerprint density at radius 3 is 2.85 bits per heavy atom. The highest BCUT2D eigenvalue weighted by Gasteiger charge is 2.19. The Kier molecular flexibility index (Phi) is 5.47. The molecule has 0 spiro atoms. The number of aryl methyl sites for hydroxylation is 1. The van der Waals surface area contributed by atoms with Crippen LogP contribution < -0.4 is 10.9 Å². The molecule has 0 aliphatic heterocycles. The van der Waals surface area contributed by atoms with Crippen LogP contribution in [0.15, 0.2) is 59.7 Å². The zero-order chi connectivity index (χ0) is 22.9. The third-order valence-electron chi connectivity index (χ3n) is 5.46. The fraction of sp³-hybridized carbons (Fsp3) is 0.167. The van der Waals surface area contributed by atoms with Crippen LogP contribution in [-0.2, 0) is 13.0 Å². The van der Waals surface area contributed by atoms with Gasteiger partial charge in [-0.1, -0.05) is 30.3 Å². The van der Waals surface area contributed by atoms with Crippen molar-refractivity contribution in [2.45, 2.75) is 19.9 Å². The van der Waals surface area contributed by atoms with Crippen molar-refractivity contribution in [1.29, 1.82) is 0 Å². The minimum absolute atomic E-state index is 0.161. The van der Waals surface area contributed by atoms with Crippen LogP contribution in [0, 0.1) is 12.7 Å². The predicted octanol–water partition coefficient (Wildman–Crippen LogP) is 3.80. The molecule has 5 rings (SSSR count). The number of benzene rings is 2. The van der Waals surface area contributed by atoms with Gasteiger partial charge in [-0.2, -0.15) is 0 Å². The van der Waals surface area contributed by atoms with E-state index in [2.05, 4.69) is 20.3 Å². The molecule has 0 atom stereocenters. The van der Waals surface area contributed by atoms with Gasteiger partial charge in [-0.3, -0.25) is 14.2 Å². The molecule has 2 aromatic carbocycles. The van der Waals surface area contributed by atoms with Crippen LogP contribution in [-0.4, -0.2) is 32.0 Å². The van der Waals surface area contributed by atoms with E-state index in [0.29, 0.717) is 57.0 Å². The van der Waals surface area contributed by atoms with E-state index in [4.69, 9.17) is 0 Å². The number of aromatic amines is 1. The van der Waals surface area contributed by atoms with E-state index in [9.17, 15) is 14.0 Å². The summed E-state index contributed by atoms with van der Waals surface area (Å²) in [6.07, 6.45) is 1.99. The number of fused-ring (bicyclic) bond motifs is 2. The van der Waals surface area contributed by atoms with Gasteiger partial charge in [-0.15, -0.1) is 11.3 Å². The smallest absolute Gasteiger partial charge is 0.262 e. The van der Waals surface area contributed by atoms with Gasteiger partial charge in [-0.05, 0) is 36.2 Å². The molecule has 2 N–H and O–H groups in total. The largest absolute Gasteiger partial charge is 0.351 e. The lowest BCUT2D eigenvalue weighted by molar-refractivity contribution is 0.0957. The Morgan fingerprint density at radius 1 is 1.21 bits per heavy atom. The summed E-state index contributed by atoms with van der Waals surface area (Å²) in [5.74, 6) is 0.0729. The standard InChI is InChI=1S/C24H20FN5O2S/c1-14-20-23(27-13-30(24(20)32)12-15-5-3-2-4-6-15)33-21(14)22(31)26-10-9-19-28-17-8-7-16(25)11-18(17)29-19/h2-8,11,13H,9-10,12H2,1H3,(H,26,31)(H,28,29). The lowest BCUT2D eigenvalue weighted by Gasteiger charge is -2.05. The van der Waals surface area contributed by atoms with Crippen LogP contribution in [0.25, 0.3) is 21.3 Å². The Bertz CT molecular complexity index is 1540. The summed E-state index contributed by atoms with van der Waals surface area (Å²) in [4.78, 5) is 38.8. The van der Waals surface area contributed by atoms with Gasteiger partial charge in [0.2, 0.25) is 0 Å². The molecule has 7 nitrogen and oxygen atoms in total. The SMILES string of the molecule is Cc1c(C(=O)NCCc2nc3ccc(F)cc3[nH]2)sc2ncn(Cc3ccccc3)c(=O)c12. The summed E-state index contributed by atoms with van der Waals surface area (Å²) >= 11 is 1.21. The van der Waals surface area contributed by atoms with Crippen LogP contribution in [0.5, 0.6) is 0 Å². The second-order valence-electron chi connectivity index (χ2n) is 7.75. The average molecular weight is 462 g/mol. The van der Waals surface area contributed by atoms with Crippen LogP contribution in [0.3, 0.4) is 0 Å². The number of hydrogen-bond donors (Lipinski definition) is 2. The lowest BCUT2D eigenvalue weighted by Crippen LogP contribution is -2.26. The number of nitrogens with one attached hydrogen (secondary N) is 2. The molecule has 0 aliphatic rings. The van der Waals surface area contributed by atoms with Crippen LogP contribution >= 0.6 is 11.3 Å². The predicted molar refractivity (Wildman–Crippen MR) is 126 cm³/mol. The number of aromatic nitrogens is 4. The average Bonchev–Trinajstić information content (AvgIpc) is 3.36. The molecule has 166 valence electrons. The molecule has 0 aliphatic carbocycles. The second kappa shape index (κ2) is 8.59. The van der Waals surface area contributed by atoms with Crippen molar-refractivity contribution in [3.63, 3.8) is 0 Å². The zero-order valence-electron chi connectivity index (χ0n) is 17.8. The van der Waals surface area contributed by atoms with E-state index < -0.39 is 0 Å². The Hall–Kier alpha value is -3.85. The van der Waals surface area contributed by atoms with Crippen molar-refractivity contribution in [2.75, 3.05) is 6.54 Å². The van der Waals surface area contributed by atoms with E-state index in [1.54, 1.807) is 17.6 Å². The van der Waals surface area contributed by atoms with Crippen molar-refractivity contribution in [3.8, 4) is 0 Å². The number of rotatable bonds is 6. The maximum atomic E-state index is 13.3. The molecule has 0 saturated carbocycles. The molecule has 0 fully saturated rings. The van der Waals surface area contributed by atoms with Crippen LogP contribution in [0.1, 0.15) is 26.6 Å². The summed E-state index contributed by atoms with van der Waals surface area (Å²) in [6.45, 7) is 2.54. The molecular formula is C24H20FN5O2S. The molecule has 0 saturated heterocycles. The molecular weight excluding hydrogens is 441 g/mol. The van der Waals surface area contributed by atoms with Gasteiger partial charge in [0.15, 0.2) is 0 Å². The van der Waals surface area contributed by atoms with Gasteiger partial charge in [0.1, 0.15) is 16.5 Å². The number of nitrogens with zero attached hydrogens (tertiary/aromatic N) is 3. The monoisotopic (exact) mass is 461 g/mol. The molecule has 3 aromatic heterocycles. The van der Waals surface area contributed by atoms with Crippen molar-refractivity contribution in [2.24, 2.45) is 0 Å². The van der Waals surface area contributed by atoms with Crippen molar-refractivity contribution < 1.29 is 9.18 Å². The quantitative estimate of drug-likeness (QED) is 0.402. The van der Waals surface area contributed by atoms with Crippen molar-refractivity contribution in [1.82, 2.24) is 24.8 Å². The lowest BCUT2D eigenvalue weighted by atomic mass is 10.2. The molecule has 5 aromatic rings. The van der Waals surface area contributed by atoms with Crippen molar-refractivity contribution in [3.05, 3.63) is 92.9 Å². The van der Waals surface area contributed by atoms with E-state index in [1.165, 1.54) is 29.8 Å². The first-order valence-corrected chi connectivity index (χ1v) is 11.3. The maximum absolute atomic E-state index is 13.3. The highest BCUT2D eigenvalue weighted by Crippen LogP contribution is 2.26. The van der Waals surface area contributed by atoms with Gasteiger partial charge >= 0.3 is 0 Å². The van der Waals surface area contributed by atoms with Crippen LogP contribution in [0.4, 0.5) is 4.39 Å². The maximum Gasteiger partial charge on any atom is 0.262 e. The first kappa shape index (κ1) is 21.0. The third kappa shape index (κ3) is 4.14. The first-order chi connectivity index (χ1) is 16.0. The summed E-state index contributed by atoms with van der Waals surface area (Å²) in [7, 11) is 0. The van der Waals surface area contributed by atoms with E-state index >= 15 is 0 Å². The number of thiophene rings is 1. The number of imidazole rings is 1. The van der Waals surface area contributed by atoms with E-state index in [0.717, 1.165) is 5.56 Å². The van der Waals surface area contributed by atoms with Gasteiger partial charge in [0.05, 0.1) is 34.2 Å². The normalized spacial score (nSPS) is 11.3. The number of hydrogen-bond acceptors (Lipinski definition) is 5. The summed E-state index contributed by atoms with van der Waals surface area (Å²) < 4.78 is 14.9.